The van der Waals surface area contributed by atoms with Crippen molar-refractivity contribution in [1.29, 1.82) is 0 Å². The molecule has 1 aromatic rings. The number of H-pyrrole nitrogens is 1. The molecule has 0 spiro atoms. The van der Waals surface area contributed by atoms with Gasteiger partial charge in [0.2, 0.25) is 5.36 Å². The molecule has 25 heavy (non-hydrogen) atoms. The second-order valence-electron chi connectivity index (χ2n) is 5.44. The maximum absolute atomic E-state index is 11.5. The van der Waals surface area contributed by atoms with E-state index in [0.29, 0.717) is 28.1 Å². The maximum atomic E-state index is 11.5. The number of anilines is 1. The van der Waals surface area contributed by atoms with E-state index in [1.54, 1.807) is 24.3 Å². The van der Waals surface area contributed by atoms with E-state index in [1.165, 1.54) is 13.2 Å². The zero-order valence-electron chi connectivity index (χ0n) is 13.4. The number of hydrogen-bond donors (Lipinski definition) is 3. The largest absolute Gasteiger partial charge is 0.612 e. The van der Waals surface area contributed by atoms with E-state index >= 15 is 0 Å². The molecular formula is C17H16N3O5-. The highest BCUT2D eigenvalue weighted by atomic mass is 16.8. The number of ether oxygens (including phenoxy) is 1. The van der Waals surface area contributed by atoms with E-state index in [2.05, 4.69) is 10.3 Å². The van der Waals surface area contributed by atoms with Crippen molar-refractivity contribution in [3.63, 3.8) is 0 Å². The molecule has 8 heteroatoms. The lowest BCUT2D eigenvalue weighted by Crippen LogP contribution is -2.23. The van der Waals surface area contributed by atoms with E-state index < -0.39 is 10.9 Å². The molecular weight excluding hydrogens is 326 g/mol. The summed E-state index contributed by atoms with van der Waals surface area (Å²) in [5.74, 6) is -0.351. The number of carboxylic acids is 1. The molecule has 0 saturated heterocycles. The molecule has 0 bridgehead atoms. The van der Waals surface area contributed by atoms with E-state index in [9.17, 15) is 15.2 Å². The molecule has 0 saturated carbocycles. The Balaban J connectivity index is 2.33. The molecule has 130 valence electrons. The fraction of sp³-hybridized carbons (Fsp3) is 0.176. The van der Waals surface area contributed by atoms with Crippen LogP contribution in [0.25, 0.3) is 22.2 Å². The monoisotopic (exact) mass is 342 g/mol. The molecule has 0 fully saturated rings. The molecule has 2 aliphatic rings. The van der Waals surface area contributed by atoms with Gasteiger partial charge in [0.15, 0.2) is 0 Å². The van der Waals surface area contributed by atoms with Gasteiger partial charge in [0.1, 0.15) is 5.75 Å². The van der Waals surface area contributed by atoms with Crippen LogP contribution in [0.4, 0.5) is 5.69 Å². The maximum Gasteiger partial charge on any atom is 0.305 e. The minimum Gasteiger partial charge on any atom is -0.612 e. The summed E-state index contributed by atoms with van der Waals surface area (Å²) in [7, 11) is 1.53. The number of aliphatic carboxylic acids is 1. The van der Waals surface area contributed by atoms with Crippen molar-refractivity contribution in [2.24, 2.45) is 0 Å². The van der Waals surface area contributed by atoms with Gasteiger partial charge in [-0.05, 0) is 24.3 Å². The average molecular weight is 342 g/mol. The Morgan fingerprint density at radius 2 is 2.12 bits per heavy atom. The molecule has 3 rings (SSSR count). The lowest BCUT2D eigenvalue weighted by Gasteiger charge is -2.18. The van der Waals surface area contributed by atoms with Crippen LogP contribution in [-0.4, -0.2) is 29.7 Å². The Bertz CT molecular complexity index is 976. The number of aromatic nitrogens is 1. The Morgan fingerprint density at radius 1 is 1.32 bits per heavy atom. The predicted molar refractivity (Wildman–Crippen MR) is 94.2 cm³/mol. The highest BCUT2D eigenvalue weighted by Gasteiger charge is 2.18. The van der Waals surface area contributed by atoms with Crippen LogP contribution in [0.15, 0.2) is 36.4 Å². The highest BCUT2D eigenvalue weighted by molar-refractivity contribution is 6.01. The number of hydrogen-bond acceptors (Lipinski definition) is 5. The zero-order chi connectivity index (χ0) is 18.0. The van der Waals surface area contributed by atoms with Gasteiger partial charge in [0.05, 0.1) is 30.5 Å². The molecule has 0 aromatic heterocycles. The lowest BCUT2D eigenvalue weighted by molar-refractivity contribution is -0.136. The summed E-state index contributed by atoms with van der Waals surface area (Å²) < 4.78 is 5.24. The Kier molecular flexibility index (Phi) is 4.34. The number of benzene rings is 2. The van der Waals surface area contributed by atoms with Crippen LogP contribution in [-0.2, 0) is 4.79 Å². The first kappa shape index (κ1) is 16.4. The third kappa shape index (κ3) is 3.14. The van der Waals surface area contributed by atoms with Crippen LogP contribution in [0, 0.1) is 10.4 Å². The topological polar surface area (TPSA) is 123 Å². The van der Waals surface area contributed by atoms with Crippen LogP contribution in [0.3, 0.4) is 0 Å². The van der Waals surface area contributed by atoms with Crippen molar-refractivity contribution in [2.75, 3.05) is 19.0 Å². The molecule has 0 amide bonds. The van der Waals surface area contributed by atoms with Gasteiger partial charge in [-0.1, -0.05) is 6.07 Å². The smallest absolute Gasteiger partial charge is 0.305 e. The van der Waals surface area contributed by atoms with E-state index in [4.69, 9.17) is 9.84 Å². The van der Waals surface area contributed by atoms with Crippen LogP contribution in [0.1, 0.15) is 6.42 Å². The van der Waals surface area contributed by atoms with Crippen molar-refractivity contribution >= 4 is 22.6 Å². The summed E-state index contributed by atoms with van der Waals surface area (Å²) in [5, 5.41) is 35.5. The minimum atomic E-state index is -0.948. The van der Waals surface area contributed by atoms with Crippen LogP contribution in [0.5, 0.6) is 5.75 Å². The van der Waals surface area contributed by atoms with Gasteiger partial charge >= 0.3 is 5.97 Å². The van der Waals surface area contributed by atoms with Gasteiger partial charge in [-0.3, -0.25) is 4.79 Å². The van der Waals surface area contributed by atoms with Crippen molar-refractivity contribution in [2.45, 2.75) is 6.42 Å². The highest BCUT2D eigenvalue weighted by Crippen LogP contribution is 2.34. The fourth-order valence-corrected chi connectivity index (χ4v) is 2.78. The van der Waals surface area contributed by atoms with Crippen LogP contribution < -0.4 is 20.3 Å². The average Bonchev–Trinajstić information content (AvgIpc) is 2.59. The third-order valence-corrected chi connectivity index (χ3v) is 3.90. The van der Waals surface area contributed by atoms with Gasteiger partial charge in [0.25, 0.3) is 0 Å². The SMILES string of the molecule is COc1ccc2[nH]c3cccc(=[N+]([O-])[O-])c-3c(NCCC(=O)O)c2c1. The first-order chi connectivity index (χ1) is 12.0. The van der Waals surface area contributed by atoms with Gasteiger partial charge in [-0.2, -0.15) is 4.90 Å². The van der Waals surface area contributed by atoms with E-state index in [-0.39, 0.29) is 18.3 Å². The summed E-state index contributed by atoms with van der Waals surface area (Å²) in [4.78, 5) is 13.5. The number of fused-ring (bicyclic) bond motifs is 2. The summed E-state index contributed by atoms with van der Waals surface area (Å²) >= 11 is 0. The lowest BCUT2D eigenvalue weighted by atomic mass is 10.0. The molecule has 0 atom stereocenters. The van der Waals surface area contributed by atoms with E-state index in [0.717, 1.165) is 5.52 Å². The molecule has 8 nitrogen and oxygen atoms in total. The van der Waals surface area contributed by atoms with Gasteiger partial charge < -0.3 is 30.6 Å². The van der Waals surface area contributed by atoms with E-state index in [1.807, 2.05) is 6.07 Å². The Hall–Kier alpha value is -3.42. The summed E-state index contributed by atoms with van der Waals surface area (Å²) in [6.45, 7) is 0.146. The van der Waals surface area contributed by atoms with Gasteiger partial charge in [0, 0.05) is 23.5 Å². The molecule has 0 unspecified atom stereocenters. The zero-order valence-corrected chi connectivity index (χ0v) is 13.4. The first-order valence-corrected chi connectivity index (χ1v) is 7.57. The molecule has 0 radical (unpaired) electrons. The molecule has 1 aliphatic heterocycles. The van der Waals surface area contributed by atoms with Crippen molar-refractivity contribution in [3.05, 3.63) is 52.2 Å². The second kappa shape index (κ2) is 6.60. The normalized spacial score (nSPS) is 10.8. The standard InChI is InChI=1S/C17H16N3O5/c1-25-10-5-6-12-11(9-10)17(18-8-7-15(21)22)16-13(19-12)3-2-4-14(16)20(23)24/h2-6,9,18-19H,7-8H2,1H3,(H-,21,22,23,24)/q-1. The van der Waals surface area contributed by atoms with Crippen LogP contribution in [0.2, 0.25) is 0 Å². The Labute approximate surface area is 142 Å². The molecule has 1 heterocycles. The number of nitrogens with zero attached hydrogens (tertiary/aromatic N) is 1. The van der Waals surface area contributed by atoms with Crippen LogP contribution >= 0.6 is 0 Å². The molecule has 1 aliphatic carbocycles. The first-order valence-electron chi connectivity index (χ1n) is 7.57. The second-order valence-corrected chi connectivity index (χ2v) is 5.44. The number of methoxy groups -OCH3 is 1. The predicted octanol–water partition coefficient (Wildman–Crippen LogP) is 1.94. The van der Waals surface area contributed by atoms with Crippen molar-refractivity contribution < 1.29 is 14.6 Å². The fourth-order valence-electron chi connectivity index (χ4n) is 2.78. The summed E-state index contributed by atoms with van der Waals surface area (Å²) in [5.41, 5.74) is 2.26. The number of nitrogens with one attached hydrogen (secondary N) is 2. The van der Waals surface area contributed by atoms with Crippen molar-refractivity contribution in [1.82, 2.24) is 9.89 Å². The summed E-state index contributed by atoms with van der Waals surface area (Å²) in [6, 6.07) is 10.1. The molecule has 1 aromatic carbocycles. The number of carboxylic acid groups (broad SMARTS) is 1. The van der Waals surface area contributed by atoms with Gasteiger partial charge in [-0.15, -0.1) is 0 Å². The quantitative estimate of drug-likeness (QED) is 0.481. The Morgan fingerprint density at radius 3 is 2.80 bits per heavy atom. The molecule has 3 N–H and O–H groups in total. The van der Waals surface area contributed by atoms with Gasteiger partial charge in [-0.25, -0.2) is 0 Å². The third-order valence-electron chi connectivity index (χ3n) is 3.90. The number of aromatic amines is 1. The summed E-state index contributed by atoms with van der Waals surface area (Å²) in [6.07, 6.45) is -0.105. The minimum absolute atomic E-state index is 0.0590. The number of rotatable bonds is 5. The van der Waals surface area contributed by atoms with Crippen molar-refractivity contribution in [3.8, 4) is 17.0 Å². The number of pyridine rings is 1. The number of carbonyl (C=O) groups is 1.